The van der Waals surface area contributed by atoms with E-state index in [1.807, 2.05) is 0 Å². The lowest BCUT2D eigenvalue weighted by Gasteiger charge is -2.11. The van der Waals surface area contributed by atoms with E-state index in [1.54, 1.807) is 26.0 Å². The molecule has 1 atom stereocenters. The molecule has 0 saturated carbocycles. The van der Waals surface area contributed by atoms with Crippen LogP contribution in [0.3, 0.4) is 0 Å². The molecule has 0 heterocycles. The average molecular weight is 301 g/mol. The first-order valence-electron chi connectivity index (χ1n) is 6.34. The van der Waals surface area contributed by atoms with Crippen LogP contribution >= 0.6 is 0 Å². The van der Waals surface area contributed by atoms with E-state index >= 15 is 0 Å². The number of hydrogen-bond acceptors (Lipinski definition) is 5. The van der Waals surface area contributed by atoms with Crippen molar-refractivity contribution in [1.29, 1.82) is 0 Å². The number of rotatable bonds is 7. The van der Waals surface area contributed by atoms with E-state index in [1.165, 1.54) is 12.1 Å². The first kappa shape index (κ1) is 16.6. The van der Waals surface area contributed by atoms with Gasteiger partial charge in [-0.15, -0.1) is 0 Å². The van der Waals surface area contributed by atoms with Gasteiger partial charge in [0.15, 0.2) is 0 Å². The van der Waals surface area contributed by atoms with Crippen molar-refractivity contribution in [1.82, 2.24) is 4.72 Å². The van der Waals surface area contributed by atoms with Crippen LogP contribution in [0, 0.1) is 0 Å². The number of aliphatic hydroxyl groups is 1. The quantitative estimate of drug-likeness (QED) is 0.732. The molecule has 2 N–H and O–H groups in total. The lowest BCUT2D eigenvalue weighted by Crippen LogP contribution is -2.30. The summed E-state index contributed by atoms with van der Waals surface area (Å²) in [6, 6.07) is 5.99. The van der Waals surface area contributed by atoms with Gasteiger partial charge < -0.3 is 9.84 Å². The van der Waals surface area contributed by atoms with Crippen LogP contribution in [-0.2, 0) is 19.6 Å². The normalized spacial score (nSPS) is 12.9. The number of ether oxygens (including phenoxy) is 1. The molecule has 1 unspecified atom stereocenters. The first-order chi connectivity index (χ1) is 9.40. The van der Waals surface area contributed by atoms with Crippen molar-refractivity contribution in [2.75, 3.05) is 13.2 Å². The average Bonchev–Trinajstić information content (AvgIpc) is 2.45. The molecule has 6 nitrogen and oxygen atoms in total. The predicted molar refractivity (Wildman–Crippen MR) is 73.5 cm³/mol. The Morgan fingerprint density at radius 1 is 1.40 bits per heavy atom. The van der Waals surface area contributed by atoms with Crippen molar-refractivity contribution < 1.29 is 23.1 Å². The Morgan fingerprint density at radius 2 is 2.10 bits per heavy atom. The Labute approximate surface area is 118 Å². The smallest absolute Gasteiger partial charge is 0.321 e. The maximum absolute atomic E-state index is 12.0. The van der Waals surface area contributed by atoms with E-state index < -0.39 is 28.6 Å². The second-order valence-electron chi connectivity index (χ2n) is 4.13. The third-order valence-electron chi connectivity index (χ3n) is 2.65. The molecular weight excluding hydrogens is 282 g/mol. The van der Waals surface area contributed by atoms with Gasteiger partial charge in [-0.3, -0.25) is 4.79 Å². The van der Waals surface area contributed by atoms with Gasteiger partial charge in [0.2, 0.25) is 10.0 Å². The number of benzene rings is 1. The molecule has 0 amide bonds. The van der Waals surface area contributed by atoms with E-state index in [-0.39, 0.29) is 11.5 Å². The summed E-state index contributed by atoms with van der Waals surface area (Å²) in [6.07, 6.45) is -0.227. The summed E-state index contributed by atoms with van der Waals surface area (Å²) in [6.45, 7) is 3.21. The Balaban J connectivity index is 2.84. The van der Waals surface area contributed by atoms with E-state index in [9.17, 15) is 18.3 Å². The highest BCUT2D eigenvalue weighted by Crippen LogP contribution is 2.19. The molecule has 0 radical (unpaired) electrons. The first-order valence-corrected chi connectivity index (χ1v) is 7.82. The van der Waals surface area contributed by atoms with E-state index in [0.717, 1.165) is 0 Å². The second-order valence-corrected chi connectivity index (χ2v) is 5.89. The van der Waals surface area contributed by atoms with Gasteiger partial charge in [0.1, 0.15) is 6.54 Å². The minimum absolute atomic E-state index is 0.00629. The van der Waals surface area contributed by atoms with Gasteiger partial charge in [-0.1, -0.05) is 19.1 Å². The van der Waals surface area contributed by atoms with Gasteiger partial charge in [-0.2, -0.15) is 4.72 Å². The van der Waals surface area contributed by atoms with Crippen LogP contribution < -0.4 is 4.72 Å². The van der Waals surface area contributed by atoms with Crippen LogP contribution in [0.15, 0.2) is 29.2 Å². The number of esters is 1. The van der Waals surface area contributed by atoms with Crippen molar-refractivity contribution in [3.05, 3.63) is 29.8 Å². The number of hydrogen-bond donors (Lipinski definition) is 2. The van der Waals surface area contributed by atoms with Crippen LogP contribution in [0.2, 0.25) is 0 Å². The molecule has 20 heavy (non-hydrogen) atoms. The molecule has 0 aliphatic heterocycles. The Morgan fingerprint density at radius 3 is 2.70 bits per heavy atom. The topological polar surface area (TPSA) is 92.7 Å². The Bertz CT molecular complexity index is 556. The predicted octanol–water partition coefficient (Wildman–Crippen LogP) is 0.971. The van der Waals surface area contributed by atoms with Gasteiger partial charge in [-0.05, 0) is 31.0 Å². The van der Waals surface area contributed by atoms with Gasteiger partial charge in [0, 0.05) is 0 Å². The van der Waals surface area contributed by atoms with Crippen molar-refractivity contribution in [3.63, 3.8) is 0 Å². The maximum Gasteiger partial charge on any atom is 0.321 e. The minimum atomic E-state index is -3.80. The zero-order chi connectivity index (χ0) is 15.2. The van der Waals surface area contributed by atoms with Crippen molar-refractivity contribution in [2.24, 2.45) is 0 Å². The monoisotopic (exact) mass is 301 g/mol. The highest BCUT2D eigenvalue weighted by atomic mass is 32.2. The zero-order valence-electron chi connectivity index (χ0n) is 11.5. The van der Waals surface area contributed by atoms with E-state index in [2.05, 4.69) is 9.46 Å². The zero-order valence-corrected chi connectivity index (χ0v) is 12.3. The van der Waals surface area contributed by atoms with Gasteiger partial charge in [0.05, 0.1) is 17.6 Å². The molecule has 0 fully saturated rings. The molecule has 0 aliphatic rings. The van der Waals surface area contributed by atoms with E-state index in [0.29, 0.717) is 12.0 Å². The van der Waals surface area contributed by atoms with Gasteiger partial charge in [-0.25, -0.2) is 8.42 Å². The SMILES string of the molecule is CCOC(=O)CNS(=O)(=O)c1cccc(C(O)CC)c1. The van der Waals surface area contributed by atoms with Crippen LogP contribution in [0.4, 0.5) is 0 Å². The third kappa shape index (κ3) is 4.59. The van der Waals surface area contributed by atoms with E-state index in [4.69, 9.17) is 0 Å². The largest absolute Gasteiger partial charge is 0.465 e. The Kier molecular flexibility index (Phi) is 6.12. The molecule has 0 aliphatic carbocycles. The van der Waals surface area contributed by atoms with Crippen molar-refractivity contribution >= 4 is 16.0 Å². The molecule has 0 saturated heterocycles. The highest BCUT2D eigenvalue weighted by molar-refractivity contribution is 7.89. The fourth-order valence-corrected chi connectivity index (χ4v) is 2.60. The van der Waals surface area contributed by atoms with Gasteiger partial charge >= 0.3 is 5.97 Å². The summed E-state index contributed by atoms with van der Waals surface area (Å²) >= 11 is 0. The molecule has 1 rings (SSSR count). The summed E-state index contributed by atoms with van der Waals surface area (Å²) in [5.41, 5.74) is 0.520. The van der Waals surface area contributed by atoms with Crippen LogP contribution in [-0.4, -0.2) is 32.6 Å². The second kappa shape index (κ2) is 7.37. The molecule has 112 valence electrons. The van der Waals surface area contributed by atoms with Crippen LogP contribution in [0.25, 0.3) is 0 Å². The minimum Gasteiger partial charge on any atom is -0.465 e. The summed E-state index contributed by atoms with van der Waals surface area (Å²) in [7, 11) is -3.80. The molecule has 0 spiro atoms. The summed E-state index contributed by atoms with van der Waals surface area (Å²) < 4.78 is 30.8. The standard InChI is InChI=1S/C13H19NO5S/c1-3-12(15)10-6-5-7-11(8-10)20(17,18)14-9-13(16)19-4-2/h5-8,12,14-15H,3-4,9H2,1-2H3. The molecule has 7 heteroatoms. The lowest BCUT2D eigenvalue weighted by molar-refractivity contribution is -0.141. The number of carbonyl (C=O) groups is 1. The fourth-order valence-electron chi connectivity index (χ4n) is 1.57. The van der Waals surface area contributed by atoms with Gasteiger partial charge in [0.25, 0.3) is 0 Å². The molecule has 0 aromatic heterocycles. The molecule has 1 aromatic rings. The summed E-state index contributed by atoms with van der Waals surface area (Å²) in [4.78, 5) is 11.2. The highest BCUT2D eigenvalue weighted by Gasteiger charge is 2.17. The van der Waals surface area contributed by atoms with Crippen molar-refractivity contribution in [2.45, 2.75) is 31.3 Å². The third-order valence-corrected chi connectivity index (χ3v) is 4.05. The number of aliphatic hydroxyl groups excluding tert-OH is 1. The number of sulfonamides is 1. The van der Waals surface area contributed by atoms with Crippen molar-refractivity contribution in [3.8, 4) is 0 Å². The fraction of sp³-hybridized carbons (Fsp3) is 0.462. The summed E-state index contributed by atoms with van der Waals surface area (Å²) in [5, 5.41) is 9.72. The Hall–Kier alpha value is -1.44. The number of nitrogens with one attached hydrogen (secondary N) is 1. The maximum atomic E-state index is 12.0. The lowest BCUT2D eigenvalue weighted by atomic mass is 10.1. The summed E-state index contributed by atoms with van der Waals surface area (Å²) in [5.74, 6) is -0.638. The molecule has 1 aromatic carbocycles. The van der Waals surface area contributed by atoms with Crippen LogP contribution in [0.5, 0.6) is 0 Å². The number of carbonyl (C=O) groups excluding carboxylic acids is 1. The molecular formula is C13H19NO5S. The molecule has 0 bridgehead atoms. The van der Waals surface area contributed by atoms with Crippen LogP contribution in [0.1, 0.15) is 31.9 Å².